The first-order chi connectivity index (χ1) is 16.4. The van der Waals surface area contributed by atoms with Crippen LogP contribution in [-0.2, 0) is 11.3 Å². The van der Waals surface area contributed by atoms with Gasteiger partial charge in [0, 0.05) is 28.4 Å². The molecule has 2 N–H and O–H groups in total. The van der Waals surface area contributed by atoms with E-state index in [-0.39, 0.29) is 11.8 Å². The van der Waals surface area contributed by atoms with E-state index in [9.17, 15) is 19.5 Å². The Bertz CT molecular complexity index is 1280. The first kappa shape index (κ1) is 22.2. The number of nitrogens with zero attached hydrogens (tertiary/aromatic N) is 1. The van der Waals surface area contributed by atoms with Crippen LogP contribution in [0.15, 0.2) is 66.7 Å². The zero-order valence-electron chi connectivity index (χ0n) is 18.4. The molecule has 0 radical (unpaired) electrons. The van der Waals surface area contributed by atoms with Gasteiger partial charge in [-0.2, -0.15) is 0 Å². The number of halogens is 1. The van der Waals surface area contributed by atoms with Gasteiger partial charge in [-0.1, -0.05) is 48.7 Å². The number of carbonyl (C=O) groups is 3. The Labute approximate surface area is 202 Å². The highest BCUT2D eigenvalue weighted by Crippen LogP contribution is 2.41. The van der Waals surface area contributed by atoms with E-state index in [0.29, 0.717) is 41.2 Å². The van der Waals surface area contributed by atoms with Gasteiger partial charge in [0.25, 0.3) is 11.8 Å². The van der Waals surface area contributed by atoms with Crippen LogP contribution in [0.3, 0.4) is 0 Å². The minimum absolute atomic E-state index is 0.215. The van der Waals surface area contributed by atoms with Crippen LogP contribution in [0.2, 0.25) is 5.02 Å². The number of carboxylic acid groups (broad SMARTS) is 1. The van der Waals surface area contributed by atoms with E-state index in [1.165, 1.54) is 0 Å². The standard InChI is InChI=1S/C27H23ClN2O4/c28-21-9-5-18(6-10-21)24(31)29-22-11-7-17(8-12-22)19-3-4-20-16-30(25(32)23(20)15-19)27(26(33)34)13-1-2-14-27/h3-12,15H,1-2,13-14,16H2,(H,29,31)(H,33,34). The van der Waals surface area contributed by atoms with Gasteiger partial charge in [-0.25, -0.2) is 4.79 Å². The lowest BCUT2D eigenvalue weighted by atomic mass is 9.95. The molecule has 1 saturated carbocycles. The Morgan fingerprint density at radius 3 is 2.21 bits per heavy atom. The molecule has 3 aromatic carbocycles. The Hall–Kier alpha value is -3.64. The van der Waals surface area contributed by atoms with E-state index in [1.54, 1.807) is 29.2 Å². The molecule has 0 unspecified atom stereocenters. The van der Waals surface area contributed by atoms with Gasteiger partial charge in [0.05, 0.1) is 0 Å². The fourth-order valence-corrected chi connectivity index (χ4v) is 5.06. The molecule has 0 bridgehead atoms. The summed E-state index contributed by atoms with van der Waals surface area (Å²) < 4.78 is 0. The lowest BCUT2D eigenvalue weighted by molar-refractivity contribution is -0.149. The van der Waals surface area contributed by atoms with Gasteiger partial charge >= 0.3 is 5.97 Å². The van der Waals surface area contributed by atoms with E-state index in [4.69, 9.17) is 11.6 Å². The Morgan fingerprint density at radius 2 is 1.56 bits per heavy atom. The molecule has 1 aliphatic carbocycles. The van der Waals surface area contributed by atoms with E-state index >= 15 is 0 Å². The number of carbonyl (C=O) groups excluding carboxylic acids is 2. The second-order valence-electron chi connectivity index (χ2n) is 8.85. The minimum atomic E-state index is -1.10. The van der Waals surface area contributed by atoms with Gasteiger partial charge in [0.15, 0.2) is 0 Å². The maximum Gasteiger partial charge on any atom is 0.329 e. The first-order valence-corrected chi connectivity index (χ1v) is 11.6. The average Bonchev–Trinajstić information content (AvgIpc) is 3.46. The third-order valence-electron chi connectivity index (χ3n) is 6.84. The highest BCUT2D eigenvalue weighted by Gasteiger charge is 2.51. The summed E-state index contributed by atoms with van der Waals surface area (Å²) in [5.74, 6) is -1.36. The second-order valence-corrected chi connectivity index (χ2v) is 9.28. The van der Waals surface area contributed by atoms with Crippen LogP contribution in [0.1, 0.15) is 52.0 Å². The quantitative estimate of drug-likeness (QED) is 0.503. The maximum atomic E-state index is 13.2. The van der Waals surface area contributed by atoms with E-state index in [1.807, 2.05) is 42.5 Å². The molecule has 0 spiro atoms. The fourth-order valence-electron chi connectivity index (χ4n) is 4.94. The van der Waals surface area contributed by atoms with Crippen LogP contribution in [0.5, 0.6) is 0 Å². The number of rotatable bonds is 5. The van der Waals surface area contributed by atoms with Crippen LogP contribution >= 0.6 is 11.6 Å². The summed E-state index contributed by atoms with van der Waals surface area (Å²) in [5.41, 5.74) is 3.24. The van der Waals surface area contributed by atoms with Gasteiger partial charge in [-0.15, -0.1) is 0 Å². The summed E-state index contributed by atoms with van der Waals surface area (Å²) in [6.07, 6.45) is 2.63. The van der Waals surface area contributed by atoms with Crippen molar-refractivity contribution in [1.29, 1.82) is 0 Å². The number of fused-ring (bicyclic) bond motifs is 1. The molecule has 0 aromatic heterocycles. The molecule has 1 fully saturated rings. The van der Waals surface area contributed by atoms with Crippen LogP contribution < -0.4 is 5.32 Å². The van der Waals surface area contributed by atoms with Crippen molar-refractivity contribution in [1.82, 2.24) is 4.90 Å². The minimum Gasteiger partial charge on any atom is -0.479 e. The predicted octanol–water partition coefficient (Wildman–Crippen LogP) is 5.61. The third kappa shape index (κ3) is 3.84. The molecule has 0 saturated heterocycles. The number of anilines is 1. The van der Waals surface area contributed by atoms with Crippen molar-refractivity contribution in [2.24, 2.45) is 0 Å². The molecule has 0 atom stereocenters. The molecule has 5 rings (SSSR count). The van der Waals surface area contributed by atoms with E-state index in [0.717, 1.165) is 29.5 Å². The molecule has 1 aliphatic heterocycles. The highest BCUT2D eigenvalue weighted by atomic mass is 35.5. The summed E-state index contributed by atoms with van der Waals surface area (Å²) in [6, 6.07) is 19.7. The number of hydrogen-bond acceptors (Lipinski definition) is 3. The molecule has 2 aliphatic rings. The normalized spacial score (nSPS) is 16.4. The van der Waals surface area contributed by atoms with Gasteiger partial charge in [-0.3, -0.25) is 9.59 Å². The Balaban J connectivity index is 1.34. The number of aliphatic carboxylic acids is 1. The molecule has 172 valence electrons. The molecule has 3 aromatic rings. The summed E-state index contributed by atoms with van der Waals surface area (Å²) in [7, 11) is 0. The highest BCUT2D eigenvalue weighted by molar-refractivity contribution is 6.30. The monoisotopic (exact) mass is 474 g/mol. The number of carboxylic acids is 1. The number of nitrogens with one attached hydrogen (secondary N) is 1. The average molecular weight is 475 g/mol. The zero-order chi connectivity index (χ0) is 23.9. The zero-order valence-corrected chi connectivity index (χ0v) is 19.1. The Kier molecular flexibility index (Phi) is 5.62. The molecule has 7 heteroatoms. The van der Waals surface area contributed by atoms with Crippen molar-refractivity contribution >= 4 is 35.1 Å². The molecular weight excluding hydrogens is 452 g/mol. The maximum absolute atomic E-state index is 13.2. The summed E-state index contributed by atoms with van der Waals surface area (Å²) in [5, 5.41) is 13.3. The van der Waals surface area contributed by atoms with Gasteiger partial charge in [0.1, 0.15) is 5.54 Å². The van der Waals surface area contributed by atoms with Crippen molar-refractivity contribution < 1.29 is 19.5 Å². The molecule has 34 heavy (non-hydrogen) atoms. The lowest BCUT2D eigenvalue weighted by Crippen LogP contribution is -2.52. The SMILES string of the molecule is O=C(Nc1ccc(-c2ccc3c(c2)C(=O)N(C2(C(=O)O)CCCC2)C3)cc1)c1ccc(Cl)cc1. The smallest absolute Gasteiger partial charge is 0.329 e. The predicted molar refractivity (Wildman–Crippen MR) is 130 cm³/mol. The van der Waals surface area contributed by atoms with Gasteiger partial charge in [0.2, 0.25) is 0 Å². The summed E-state index contributed by atoms with van der Waals surface area (Å²) in [6.45, 7) is 0.330. The Morgan fingerprint density at radius 1 is 0.912 bits per heavy atom. The van der Waals surface area contributed by atoms with Gasteiger partial charge < -0.3 is 15.3 Å². The van der Waals surface area contributed by atoms with Crippen molar-refractivity contribution in [3.05, 3.63) is 88.4 Å². The largest absolute Gasteiger partial charge is 0.479 e. The number of amides is 2. The third-order valence-corrected chi connectivity index (χ3v) is 7.09. The van der Waals surface area contributed by atoms with Crippen molar-refractivity contribution in [2.75, 3.05) is 5.32 Å². The fraction of sp³-hybridized carbons (Fsp3) is 0.222. The lowest BCUT2D eigenvalue weighted by Gasteiger charge is -2.34. The van der Waals surface area contributed by atoms with Crippen LogP contribution in [0.25, 0.3) is 11.1 Å². The van der Waals surface area contributed by atoms with E-state index < -0.39 is 11.5 Å². The van der Waals surface area contributed by atoms with Crippen molar-refractivity contribution in [2.45, 2.75) is 37.8 Å². The van der Waals surface area contributed by atoms with E-state index in [2.05, 4.69) is 5.32 Å². The summed E-state index contributed by atoms with van der Waals surface area (Å²) >= 11 is 5.88. The number of benzene rings is 3. The topological polar surface area (TPSA) is 86.7 Å². The number of hydrogen-bond donors (Lipinski definition) is 2. The van der Waals surface area contributed by atoms with Crippen LogP contribution in [0.4, 0.5) is 5.69 Å². The summed E-state index contributed by atoms with van der Waals surface area (Å²) in [4.78, 5) is 39.3. The van der Waals surface area contributed by atoms with Crippen molar-refractivity contribution in [3.63, 3.8) is 0 Å². The van der Waals surface area contributed by atoms with Crippen molar-refractivity contribution in [3.8, 4) is 11.1 Å². The van der Waals surface area contributed by atoms with Gasteiger partial charge in [-0.05, 0) is 72.0 Å². The molecule has 2 amide bonds. The second kappa shape index (κ2) is 8.61. The molecule has 6 nitrogen and oxygen atoms in total. The molecular formula is C27H23ClN2O4. The molecule has 1 heterocycles. The van der Waals surface area contributed by atoms with Crippen LogP contribution in [-0.4, -0.2) is 33.3 Å². The first-order valence-electron chi connectivity index (χ1n) is 11.2. The van der Waals surface area contributed by atoms with Crippen LogP contribution in [0, 0.1) is 0 Å².